The number of fused-ring (bicyclic) bond motifs is 2. The summed E-state index contributed by atoms with van der Waals surface area (Å²) in [5, 5.41) is 4.16. The lowest BCUT2D eigenvalue weighted by atomic mass is 10.2. The van der Waals surface area contributed by atoms with Crippen molar-refractivity contribution in [1.29, 1.82) is 0 Å². The quantitative estimate of drug-likeness (QED) is 0.721. The zero-order chi connectivity index (χ0) is 13.7. The molecule has 0 saturated carbocycles. The predicted molar refractivity (Wildman–Crippen MR) is 73.4 cm³/mol. The smallest absolute Gasteiger partial charge is 0.256 e. The van der Waals surface area contributed by atoms with Gasteiger partial charge in [0.05, 0.1) is 35.7 Å². The maximum absolute atomic E-state index is 12.4. The molecule has 0 fully saturated rings. The highest BCUT2D eigenvalue weighted by molar-refractivity contribution is 7.14. The van der Waals surface area contributed by atoms with Crippen LogP contribution in [0.3, 0.4) is 0 Å². The van der Waals surface area contributed by atoms with Gasteiger partial charge in [-0.05, 0) is 19.1 Å². The van der Waals surface area contributed by atoms with Crippen LogP contribution in [0.25, 0.3) is 4.96 Å². The fraction of sp³-hybridized carbons (Fsp3) is 0.231. The molecule has 0 spiro atoms. The summed E-state index contributed by atoms with van der Waals surface area (Å²) in [5.74, 6) is 0.0184. The van der Waals surface area contributed by atoms with Crippen molar-refractivity contribution in [1.82, 2.24) is 24.5 Å². The number of imidazole rings is 1. The lowest BCUT2D eigenvalue weighted by Crippen LogP contribution is -2.27. The van der Waals surface area contributed by atoms with Crippen LogP contribution in [0.15, 0.2) is 30.0 Å². The number of carbonyl (C=O) groups is 1. The number of nitrogens with zero attached hydrogens (tertiary/aromatic N) is 5. The number of carbonyl (C=O) groups excluding carboxylic acids is 1. The van der Waals surface area contributed by atoms with Gasteiger partial charge >= 0.3 is 0 Å². The Hall–Kier alpha value is -2.28. The molecule has 100 valence electrons. The lowest BCUT2D eigenvalue weighted by Gasteiger charge is -2.22. The molecule has 1 aliphatic heterocycles. The van der Waals surface area contributed by atoms with Crippen molar-refractivity contribution in [2.24, 2.45) is 0 Å². The number of aromatic nitrogens is 4. The normalized spacial score (nSPS) is 15.8. The van der Waals surface area contributed by atoms with E-state index in [-0.39, 0.29) is 11.9 Å². The zero-order valence-corrected chi connectivity index (χ0v) is 11.5. The van der Waals surface area contributed by atoms with Crippen molar-refractivity contribution in [3.8, 4) is 0 Å². The van der Waals surface area contributed by atoms with E-state index in [2.05, 4.69) is 15.1 Å². The number of rotatable bonds is 2. The van der Waals surface area contributed by atoms with Gasteiger partial charge in [-0.25, -0.2) is 9.50 Å². The molecule has 1 atom stereocenters. The van der Waals surface area contributed by atoms with E-state index in [1.807, 2.05) is 19.2 Å². The molecule has 1 amide bonds. The van der Waals surface area contributed by atoms with Gasteiger partial charge in [-0.15, -0.1) is 0 Å². The highest BCUT2D eigenvalue weighted by atomic mass is 32.1. The van der Waals surface area contributed by atoms with Crippen LogP contribution in [-0.2, 0) is 6.54 Å². The van der Waals surface area contributed by atoms with E-state index < -0.39 is 0 Å². The van der Waals surface area contributed by atoms with Gasteiger partial charge < -0.3 is 4.90 Å². The van der Waals surface area contributed by atoms with Gasteiger partial charge in [0.1, 0.15) is 5.51 Å². The summed E-state index contributed by atoms with van der Waals surface area (Å²) in [7, 11) is 0. The summed E-state index contributed by atoms with van der Waals surface area (Å²) in [6.07, 6.45) is 3.59. The second-order valence-electron chi connectivity index (χ2n) is 4.74. The highest BCUT2D eigenvalue weighted by Gasteiger charge is 2.33. The molecular weight excluding hydrogens is 274 g/mol. The molecule has 4 rings (SSSR count). The first-order chi connectivity index (χ1) is 9.74. The van der Waals surface area contributed by atoms with Gasteiger partial charge in [0.2, 0.25) is 4.96 Å². The summed E-state index contributed by atoms with van der Waals surface area (Å²) >= 11 is 1.48. The van der Waals surface area contributed by atoms with Crippen molar-refractivity contribution >= 4 is 22.2 Å². The van der Waals surface area contributed by atoms with Crippen LogP contribution in [-0.4, -0.2) is 30.4 Å². The molecule has 20 heavy (non-hydrogen) atoms. The van der Waals surface area contributed by atoms with Crippen LogP contribution >= 0.6 is 11.3 Å². The average molecular weight is 285 g/mol. The number of hydrogen-bond donors (Lipinski definition) is 0. The Morgan fingerprint density at radius 3 is 3.15 bits per heavy atom. The molecule has 0 aliphatic carbocycles. The van der Waals surface area contributed by atoms with E-state index in [1.165, 1.54) is 11.3 Å². The molecule has 6 nitrogen and oxygen atoms in total. The standard InChI is InChI=1S/C13H11N5OS/c1-8(10-6-18-13(16-10)20-7-15-18)17-5-11-9(12(17)19)3-2-4-14-11/h2-4,6-8H,5H2,1H3. The van der Waals surface area contributed by atoms with E-state index in [4.69, 9.17) is 0 Å². The first-order valence-corrected chi connectivity index (χ1v) is 7.15. The molecule has 0 radical (unpaired) electrons. The van der Waals surface area contributed by atoms with Gasteiger partial charge in [-0.3, -0.25) is 9.78 Å². The van der Waals surface area contributed by atoms with Crippen molar-refractivity contribution in [2.75, 3.05) is 0 Å². The summed E-state index contributed by atoms with van der Waals surface area (Å²) in [6, 6.07) is 3.53. The Morgan fingerprint density at radius 1 is 1.45 bits per heavy atom. The van der Waals surface area contributed by atoms with Crippen molar-refractivity contribution in [3.05, 3.63) is 47.0 Å². The first kappa shape index (κ1) is 11.5. The largest absolute Gasteiger partial charge is 0.324 e. The maximum atomic E-state index is 12.4. The molecule has 7 heteroatoms. The molecule has 0 saturated heterocycles. The Labute approximate surface area is 118 Å². The van der Waals surface area contributed by atoms with Gasteiger partial charge in [0.25, 0.3) is 5.91 Å². The van der Waals surface area contributed by atoms with E-state index in [0.29, 0.717) is 12.1 Å². The van der Waals surface area contributed by atoms with Crippen molar-refractivity contribution in [3.63, 3.8) is 0 Å². The van der Waals surface area contributed by atoms with Crippen molar-refractivity contribution in [2.45, 2.75) is 19.5 Å². The molecular formula is C13H11N5OS. The molecule has 3 aromatic rings. The number of amides is 1. The molecule has 0 aromatic carbocycles. The topological polar surface area (TPSA) is 63.4 Å². The van der Waals surface area contributed by atoms with Crippen LogP contribution in [0.1, 0.15) is 34.7 Å². The maximum Gasteiger partial charge on any atom is 0.256 e. The van der Waals surface area contributed by atoms with Crippen LogP contribution in [0, 0.1) is 0 Å². The Kier molecular flexibility index (Phi) is 2.37. The molecule has 3 aromatic heterocycles. The summed E-state index contributed by atoms with van der Waals surface area (Å²) in [5.41, 5.74) is 4.13. The number of pyridine rings is 1. The van der Waals surface area contributed by atoms with Gasteiger partial charge in [-0.1, -0.05) is 11.3 Å². The van der Waals surface area contributed by atoms with E-state index in [9.17, 15) is 4.79 Å². The van der Waals surface area contributed by atoms with Gasteiger partial charge in [0, 0.05) is 6.20 Å². The van der Waals surface area contributed by atoms with Gasteiger partial charge in [0.15, 0.2) is 0 Å². The predicted octanol–water partition coefficient (Wildman–Crippen LogP) is 1.90. The second kappa shape index (κ2) is 4.11. The highest BCUT2D eigenvalue weighted by Crippen LogP contribution is 2.29. The Bertz CT molecular complexity index is 779. The molecule has 4 heterocycles. The minimum atomic E-state index is -0.0920. The minimum Gasteiger partial charge on any atom is -0.324 e. The van der Waals surface area contributed by atoms with E-state index >= 15 is 0 Å². The molecule has 1 aliphatic rings. The van der Waals surface area contributed by atoms with Crippen LogP contribution < -0.4 is 0 Å². The molecule has 0 N–H and O–H groups in total. The van der Waals surface area contributed by atoms with E-state index in [1.54, 1.807) is 27.2 Å². The van der Waals surface area contributed by atoms with Crippen LogP contribution in [0.4, 0.5) is 0 Å². The second-order valence-corrected chi connectivity index (χ2v) is 5.55. The Morgan fingerprint density at radius 2 is 2.35 bits per heavy atom. The molecule has 1 unspecified atom stereocenters. The molecule has 0 bridgehead atoms. The fourth-order valence-corrected chi connectivity index (χ4v) is 3.08. The zero-order valence-electron chi connectivity index (χ0n) is 10.7. The SMILES string of the molecule is CC(c1cn2ncsc2n1)N1Cc2ncccc2C1=O. The summed E-state index contributed by atoms with van der Waals surface area (Å²) < 4.78 is 1.74. The fourth-order valence-electron chi connectivity index (χ4n) is 2.48. The average Bonchev–Trinajstić information content (AvgIpc) is 3.11. The third kappa shape index (κ3) is 1.56. The Balaban J connectivity index is 1.69. The van der Waals surface area contributed by atoms with Crippen molar-refractivity contribution < 1.29 is 4.79 Å². The first-order valence-electron chi connectivity index (χ1n) is 6.27. The number of hydrogen-bond acceptors (Lipinski definition) is 5. The monoisotopic (exact) mass is 285 g/mol. The summed E-state index contributed by atoms with van der Waals surface area (Å²) in [6.45, 7) is 2.52. The van der Waals surface area contributed by atoms with Gasteiger partial charge in [-0.2, -0.15) is 5.10 Å². The van der Waals surface area contributed by atoms with E-state index in [0.717, 1.165) is 16.3 Å². The lowest BCUT2D eigenvalue weighted by molar-refractivity contribution is 0.0712. The van der Waals surface area contributed by atoms with Crippen LogP contribution in [0.2, 0.25) is 0 Å². The third-order valence-electron chi connectivity index (χ3n) is 3.60. The van der Waals surface area contributed by atoms with Crippen LogP contribution in [0.5, 0.6) is 0 Å². The minimum absolute atomic E-state index is 0.0184. The summed E-state index contributed by atoms with van der Waals surface area (Å²) in [4.78, 5) is 23.8. The third-order valence-corrected chi connectivity index (χ3v) is 4.29.